The summed E-state index contributed by atoms with van der Waals surface area (Å²) in [6.45, 7) is 3.76. The smallest absolute Gasteiger partial charge is 0.253 e. The van der Waals surface area contributed by atoms with Crippen LogP contribution in [0.5, 0.6) is 17.2 Å². The van der Waals surface area contributed by atoms with Crippen molar-refractivity contribution >= 4 is 15.9 Å². The highest BCUT2D eigenvalue weighted by molar-refractivity contribution is 7.89. The van der Waals surface area contributed by atoms with Gasteiger partial charge in [-0.1, -0.05) is 13.3 Å². The van der Waals surface area contributed by atoms with Crippen molar-refractivity contribution in [2.45, 2.75) is 24.7 Å². The number of piperazine rings is 1. The van der Waals surface area contributed by atoms with Crippen LogP contribution in [0.15, 0.2) is 47.4 Å². The zero-order chi connectivity index (χ0) is 23.1. The first-order valence-electron chi connectivity index (χ1n) is 10.6. The van der Waals surface area contributed by atoms with Crippen molar-refractivity contribution in [3.05, 3.63) is 48.0 Å². The number of unbranched alkanes of at least 4 members (excludes halogenated alkanes) is 1. The van der Waals surface area contributed by atoms with Gasteiger partial charge in [-0.3, -0.25) is 4.79 Å². The van der Waals surface area contributed by atoms with Crippen LogP contribution in [0.1, 0.15) is 30.1 Å². The van der Waals surface area contributed by atoms with E-state index in [0.29, 0.717) is 31.0 Å². The Labute approximate surface area is 189 Å². The Balaban J connectivity index is 1.65. The monoisotopic (exact) mass is 462 g/mol. The molecule has 2 aromatic carbocycles. The Bertz CT molecular complexity index is 1020. The maximum atomic E-state index is 13.2. The summed E-state index contributed by atoms with van der Waals surface area (Å²) in [7, 11) is -0.887. The molecule has 0 spiro atoms. The Kier molecular flexibility index (Phi) is 7.98. The van der Waals surface area contributed by atoms with Crippen molar-refractivity contribution in [1.82, 2.24) is 9.21 Å². The lowest BCUT2D eigenvalue weighted by Crippen LogP contribution is -2.50. The van der Waals surface area contributed by atoms with Crippen LogP contribution in [-0.4, -0.2) is 70.5 Å². The van der Waals surface area contributed by atoms with Gasteiger partial charge in [0.2, 0.25) is 10.0 Å². The molecule has 0 radical (unpaired) electrons. The molecule has 0 aliphatic carbocycles. The topological polar surface area (TPSA) is 85.4 Å². The van der Waals surface area contributed by atoms with Crippen molar-refractivity contribution in [3.63, 3.8) is 0 Å². The number of hydrogen-bond acceptors (Lipinski definition) is 6. The van der Waals surface area contributed by atoms with E-state index < -0.39 is 10.0 Å². The molecule has 0 unspecified atom stereocenters. The fourth-order valence-electron chi connectivity index (χ4n) is 3.47. The summed E-state index contributed by atoms with van der Waals surface area (Å²) in [6.07, 6.45) is 2.04. The van der Waals surface area contributed by atoms with Gasteiger partial charge in [-0.25, -0.2) is 8.42 Å². The van der Waals surface area contributed by atoms with Crippen molar-refractivity contribution in [1.29, 1.82) is 0 Å². The van der Waals surface area contributed by atoms with Gasteiger partial charge in [-0.2, -0.15) is 4.31 Å². The summed E-state index contributed by atoms with van der Waals surface area (Å²) in [6, 6.07) is 11.7. The van der Waals surface area contributed by atoms with Crippen LogP contribution in [0.3, 0.4) is 0 Å². The van der Waals surface area contributed by atoms with E-state index >= 15 is 0 Å². The minimum absolute atomic E-state index is 0.0535. The first-order chi connectivity index (χ1) is 15.4. The molecule has 2 aromatic rings. The standard InChI is InChI=1S/C23H30N2O6S/c1-4-5-16-31-19-8-6-18(7-9-19)23(26)24-12-14-25(15-13-24)32(27,28)22-17-20(29-2)10-11-21(22)30-3/h6-11,17H,4-5,12-16H2,1-3H3. The Morgan fingerprint density at radius 1 is 0.938 bits per heavy atom. The quantitative estimate of drug-likeness (QED) is 0.533. The van der Waals surface area contributed by atoms with E-state index in [-0.39, 0.29) is 29.6 Å². The van der Waals surface area contributed by atoms with E-state index in [9.17, 15) is 13.2 Å². The van der Waals surface area contributed by atoms with E-state index in [2.05, 4.69) is 6.92 Å². The number of carbonyl (C=O) groups excluding carboxylic acids is 1. The van der Waals surface area contributed by atoms with Crippen molar-refractivity contribution < 1.29 is 27.4 Å². The normalized spacial score (nSPS) is 14.8. The number of methoxy groups -OCH3 is 2. The number of ether oxygens (including phenoxy) is 3. The second-order valence-electron chi connectivity index (χ2n) is 7.44. The molecule has 32 heavy (non-hydrogen) atoms. The van der Waals surface area contributed by atoms with Crippen LogP contribution in [0, 0.1) is 0 Å². The third-order valence-electron chi connectivity index (χ3n) is 5.38. The third-order valence-corrected chi connectivity index (χ3v) is 7.30. The zero-order valence-electron chi connectivity index (χ0n) is 18.7. The van der Waals surface area contributed by atoms with E-state index in [1.165, 1.54) is 24.6 Å². The first kappa shape index (κ1) is 23.9. The first-order valence-corrected chi connectivity index (χ1v) is 12.1. The van der Waals surface area contributed by atoms with Crippen LogP contribution in [0.25, 0.3) is 0 Å². The van der Waals surface area contributed by atoms with E-state index in [1.807, 2.05) is 0 Å². The highest BCUT2D eigenvalue weighted by atomic mass is 32.2. The molecular formula is C23H30N2O6S. The Morgan fingerprint density at radius 3 is 2.19 bits per heavy atom. The molecule has 0 atom stereocenters. The summed E-state index contributed by atoms with van der Waals surface area (Å²) in [4.78, 5) is 14.6. The molecule has 0 aromatic heterocycles. The summed E-state index contributed by atoms with van der Waals surface area (Å²) >= 11 is 0. The average Bonchev–Trinajstić information content (AvgIpc) is 2.83. The lowest BCUT2D eigenvalue weighted by molar-refractivity contribution is 0.0697. The summed E-state index contributed by atoms with van der Waals surface area (Å²) in [5, 5.41) is 0. The van der Waals surface area contributed by atoms with Crippen LogP contribution in [0.4, 0.5) is 0 Å². The molecule has 1 saturated heterocycles. The van der Waals surface area contributed by atoms with Gasteiger partial charge in [0, 0.05) is 37.8 Å². The number of rotatable bonds is 9. The second-order valence-corrected chi connectivity index (χ2v) is 9.35. The summed E-state index contributed by atoms with van der Waals surface area (Å²) in [5.41, 5.74) is 0.554. The molecule has 1 fully saturated rings. The van der Waals surface area contributed by atoms with Gasteiger partial charge in [0.05, 0.1) is 20.8 Å². The van der Waals surface area contributed by atoms with E-state index in [0.717, 1.165) is 18.6 Å². The molecule has 0 bridgehead atoms. The van der Waals surface area contributed by atoms with Gasteiger partial charge in [-0.15, -0.1) is 0 Å². The van der Waals surface area contributed by atoms with E-state index in [1.54, 1.807) is 41.3 Å². The summed E-state index contributed by atoms with van der Waals surface area (Å²) in [5.74, 6) is 1.30. The molecule has 0 N–H and O–H groups in total. The summed E-state index contributed by atoms with van der Waals surface area (Å²) < 4.78 is 43.8. The minimum atomic E-state index is -3.79. The number of hydrogen-bond donors (Lipinski definition) is 0. The Hall–Kier alpha value is -2.78. The van der Waals surface area contributed by atoms with Crippen LogP contribution in [-0.2, 0) is 10.0 Å². The van der Waals surface area contributed by atoms with Gasteiger partial charge < -0.3 is 19.1 Å². The molecule has 1 aliphatic rings. The molecular weight excluding hydrogens is 432 g/mol. The second kappa shape index (κ2) is 10.7. The highest BCUT2D eigenvalue weighted by Gasteiger charge is 2.32. The number of amides is 1. The molecule has 9 heteroatoms. The Morgan fingerprint density at radius 2 is 1.59 bits per heavy atom. The SMILES string of the molecule is CCCCOc1ccc(C(=O)N2CCN(S(=O)(=O)c3cc(OC)ccc3OC)CC2)cc1. The molecule has 0 saturated carbocycles. The number of benzene rings is 2. The number of nitrogens with zero attached hydrogens (tertiary/aromatic N) is 2. The largest absolute Gasteiger partial charge is 0.497 e. The maximum absolute atomic E-state index is 13.2. The van der Waals surface area contributed by atoms with Crippen molar-refractivity contribution in [2.75, 3.05) is 47.0 Å². The molecule has 174 valence electrons. The van der Waals surface area contributed by atoms with Crippen LogP contribution in [0.2, 0.25) is 0 Å². The molecule has 1 aliphatic heterocycles. The van der Waals surface area contributed by atoms with Gasteiger partial charge in [0.15, 0.2) is 0 Å². The fourth-order valence-corrected chi connectivity index (χ4v) is 5.06. The van der Waals surface area contributed by atoms with Crippen LogP contribution < -0.4 is 14.2 Å². The lowest BCUT2D eigenvalue weighted by Gasteiger charge is -2.34. The molecule has 1 amide bonds. The average molecular weight is 463 g/mol. The zero-order valence-corrected chi connectivity index (χ0v) is 19.6. The number of carbonyl (C=O) groups is 1. The van der Waals surface area contributed by atoms with Gasteiger partial charge >= 0.3 is 0 Å². The number of sulfonamides is 1. The maximum Gasteiger partial charge on any atom is 0.253 e. The molecule has 3 rings (SSSR count). The highest BCUT2D eigenvalue weighted by Crippen LogP contribution is 2.31. The molecule has 8 nitrogen and oxygen atoms in total. The van der Waals surface area contributed by atoms with Gasteiger partial charge in [-0.05, 0) is 42.8 Å². The van der Waals surface area contributed by atoms with Crippen LogP contribution >= 0.6 is 0 Å². The van der Waals surface area contributed by atoms with E-state index in [4.69, 9.17) is 14.2 Å². The molecule has 1 heterocycles. The lowest BCUT2D eigenvalue weighted by atomic mass is 10.2. The predicted molar refractivity (Wildman–Crippen MR) is 121 cm³/mol. The third kappa shape index (κ3) is 5.34. The minimum Gasteiger partial charge on any atom is -0.497 e. The van der Waals surface area contributed by atoms with Gasteiger partial charge in [0.25, 0.3) is 5.91 Å². The van der Waals surface area contributed by atoms with Gasteiger partial charge in [0.1, 0.15) is 22.1 Å². The van der Waals surface area contributed by atoms with Crippen molar-refractivity contribution in [2.24, 2.45) is 0 Å². The predicted octanol–water partition coefficient (Wildman–Crippen LogP) is 3.03. The fraction of sp³-hybridized carbons (Fsp3) is 0.435. The van der Waals surface area contributed by atoms with Crippen molar-refractivity contribution in [3.8, 4) is 17.2 Å².